The van der Waals surface area contributed by atoms with Gasteiger partial charge in [-0.1, -0.05) is 41.6 Å². The summed E-state index contributed by atoms with van der Waals surface area (Å²) in [6, 6.07) is 12.7. The first kappa shape index (κ1) is 21.7. The number of ether oxygens (including phenoxy) is 1. The Balaban J connectivity index is 1.53. The number of sulfone groups is 1. The van der Waals surface area contributed by atoms with Gasteiger partial charge in [0.1, 0.15) is 5.75 Å². The predicted octanol–water partition coefficient (Wildman–Crippen LogP) is 3.03. The van der Waals surface area contributed by atoms with Gasteiger partial charge in [0.15, 0.2) is 15.0 Å². The lowest BCUT2D eigenvalue weighted by atomic mass is 10.1. The van der Waals surface area contributed by atoms with Gasteiger partial charge in [0.25, 0.3) is 0 Å². The van der Waals surface area contributed by atoms with Gasteiger partial charge >= 0.3 is 0 Å². The van der Waals surface area contributed by atoms with Crippen molar-refractivity contribution in [2.75, 3.05) is 34.6 Å². The summed E-state index contributed by atoms with van der Waals surface area (Å²) < 4.78 is 29.9. The van der Waals surface area contributed by atoms with Crippen LogP contribution in [0.3, 0.4) is 0 Å². The molecule has 2 atom stereocenters. The number of amides is 1. The van der Waals surface area contributed by atoms with Gasteiger partial charge in [0.05, 0.1) is 42.1 Å². The lowest BCUT2D eigenvalue weighted by molar-refractivity contribution is -0.113. The van der Waals surface area contributed by atoms with Crippen LogP contribution in [0, 0.1) is 13.8 Å². The Morgan fingerprint density at radius 2 is 2.00 bits per heavy atom. The molecular weight excluding hydrogens is 434 g/mol. The molecular formula is C22H25N3O4S2. The average molecular weight is 460 g/mol. The molecule has 0 unspecified atom stereocenters. The van der Waals surface area contributed by atoms with Crippen molar-refractivity contribution in [3.63, 3.8) is 0 Å². The summed E-state index contributed by atoms with van der Waals surface area (Å²) in [6.07, 6.45) is 0. The molecule has 0 aliphatic carbocycles. The summed E-state index contributed by atoms with van der Waals surface area (Å²) in [6.45, 7) is 3.97. The number of hydrogen-bond acceptors (Lipinski definition) is 7. The van der Waals surface area contributed by atoms with Gasteiger partial charge in [-0.3, -0.25) is 9.79 Å². The number of amidine groups is 1. The van der Waals surface area contributed by atoms with Crippen molar-refractivity contribution < 1.29 is 17.9 Å². The van der Waals surface area contributed by atoms with E-state index in [0.717, 1.165) is 22.5 Å². The minimum atomic E-state index is -3.15. The van der Waals surface area contributed by atoms with Crippen LogP contribution in [0.1, 0.15) is 11.1 Å². The third-order valence-corrected chi connectivity index (χ3v) is 8.11. The molecule has 1 saturated heterocycles. The van der Waals surface area contributed by atoms with E-state index in [2.05, 4.69) is 10.3 Å². The van der Waals surface area contributed by atoms with Gasteiger partial charge in [-0.15, -0.1) is 0 Å². The van der Waals surface area contributed by atoms with E-state index in [4.69, 9.17) is 4.74 Å². The van der Waals surface area contributed by atoms with E-state index in [0.29, 0.717) is 10.9 Å². The Hall–Kier alpha value is -2.52. The number of hydrogen-bond donors (Lipinski definition) is 1. The van der Waals surface area contributed by atoms with E-state index in [1.807, 2.05) is 61.2 Å². The van der Waals surface area contributed by atoms with E-state index in [1.54, 1.807) is 7.11 Å². The maximum Gasteiger partial charge on any atom is 0.234 e. The molecule has 0 radical (unpaired) electrons. The van der Waals surface area contributed by atoms with Crippen LogP contribution in [0.25, 0.3) is 0 Å². The zero-order chi connectivity index (χ0) is 22.2. The summed E-state index contributed by atoms with van der Waals surface area (Å²) in [7, 11) is -1.57. The number of nitrogens with one attached hydrogen (secondary N) is 1. The number of methoxy groups -OCH3 is 1. The SMILES string of the molecule is COc1ccccc1N1C(SCC(=O)Nc2ccc(C)cc2C)=N[C@@H]2CS(=O)(=O)C[C@@H]21. The lowest BCUT2D eigenvalue weighted by Crippen LogP contribution is -2.39. The van der Waals surface area contributed by atoms with Crippen LogP contribution in [0.4, 0.5) is 11.4 Å². The van der Waals surface area contributed by atoms with Crippen LogP contribution in [-0.4, -0.2) is 55.9 Å². The van der Waals surface area contributed by atoms with Crippen LogP contribution in [-0.2, 0) is 14.6 Å². The van der Waals surface area contributed by atoms with E-state index >= 15 is 0 Å². The summed E-state index contributed by atoms with van der Waals surface area (Å²) in [4.78, 5) is 19.2. The maximum absolute atomic E-state index is 12.6. The Morgan fingerprint density at radius 3 is 2.74 bits per heavy atom. The van der Waals surface area contributed by atoms with Crippen molar-refractivity contribution in [2.45, 2.75) is 25.9 Å². The highest BCUT2D eigenvalue weighted by atomic mass is 32.2. The van der Waals surface area contributed by atoms with Crippen molar-refractivity contribution in [2.24, 2.45) is 4.99 Å². The number of para-hydroxylation sites is 2. The molecule has 9 heteroatoms. The first-order chi connectivity index (χ1) is 14.8. The highest BCUT2D eigenvalue weighted by molar-refractivity contribution is 8.14. The Bertz CT molecular complexity index is 1150. The monoisotopic (exact) mass is 459 g/mol. The van der Waals surface area contributed by atoms with Gasteiger partial charge < -0.3 is 15.0 Å². The molecule has 0 spiro atoms. The van der Waals surface area contributed by atoms with Crippen LogP contribution in [0.2, 0.25) is 0 Å². The lowest BCUT2D eigenvalue weighted by Gasteiger charge is -2.27. The molecule has 1 amide bonds. The molecule has 2 aromatic rings. The number of carbonyl (C=O) groups is 1. The van der Waals surface area contributed by atoms with Crippen LogP contribution >= 0.6 is 11.8 Å². The number of fused-ring (bicyclic) bond motifs is 1. The second-order valence-electron chi connectivity index (χ2n) is 7.82. The van der Waals surface area contributed by atoms with E-state index in [9.17, 15) is 13.2 Å². The fourth-order valence-corrected chi connectivity index (χ4v) is 6.77. The minimum Gasteiger partial charge on any atom is -0.495 e. The summed E-state index contributed by atoms with van der Waals surface area (Å²) >= 11 is 1.31. The highest BCUT2D eigenvalue weighted by Crippen LogP contribution is 2.39. The summed E-state index contributed by atoms with van der Waals surface area (Å²) in [5.41, 5.74) is 3.69. The third-order valence-electron chi connectivity index (χ3n) is 5.44. The van der Waals surface area contributed by atoms with Gasteiger partial charge in [-0.05, 0) is 37.6 Å². The zero-order valence-corrected chi connectivity index (χ0v) is 19.3. The van der Waals surface area contributed by atoms with Crippen molar-refractivity contribution in [1.82, 2.24) is 0 Å². The molecule has 1 fully saturated rings. The zero-order valence-electron chi connectivity index (χ0n) is 17.7. The summed E-state index contributed by atoms with van der Waals surface area (Å²) in [5, 5.41) is 3.59. The largest absolute Gasteiger partial charge is 0.495 e. The van der Waals surface area contributed by atoms with Crippen molar-refractivity contribution in [3.8, 4) is 5.75 Å². The molecule has 0 bridgehead atoms. The van der Waals surface area contributed by atoms with Gasteiger partial charge in [-0.25, -0.2) is 8.42 Å². The molecule has 2 aliphatic heterocycles. The second kappa shape index (κ2) is 8.55. The first-order valence-corrected chi connectivity index (χ1v) is 12.8. The van der Waals surface area contributed by atoms with E-state index in [-0.39, 0.29) is 35.2 Å². The highest BCUT2D eigenvalue weighted by Gasteiger charge is 2.47. The normalized spacial score (nSPS) is 21.5. The quantitative estimate of drug-likeness (QED) is 0.740. The molecule has 4 rings (SSSR count). The molecule has 2 heterocycles. The van der Waals surface area contributed by atoms with Crippen molar-refractivity contribution in [3.05, 3.63) is 53.6 Å². The minimum absolute atomic E-state index is 0.0299. The Labute approximate surface area is 186 Å². The molecule has 7 nitrogen and oxygen atoms in total. The standard InChI is InChI=1S/C22H25N3O4S2/c1-14-8-9-16(15(2)10-14)23-21(26)11-30-22-24-17-12-31(27,28)13-19(17)25(22)18-6-4-5-7-20(18)29-3/h4-10,17,19H,11-13H2,1-3H3,(H,23,26)/t17-,19+/m1/s1. The van der Waals surface area contributed by atoms with Gasteiger partial charge in [0, 0.05) is 5.69 Å². The molecule has 164 valence electrons. The predicted molar refractivity (Wildman–Crippen MR) is 126 cm³/mol. The van der Waals surface area contributed by atoms with E-state index in [1.165, 1.54) is 11.8 Å². The number of rotatable bonds is 5. The van der Waals surface area contributed by atoms with Crippen molar-refractivity contribution in [1.29, 1.82) is 0 Å². The van der Waals surface area contributed by atoms with Gasteiger partial charge in [0.2, 0.25) is 5.91 Å². The van der Waals surface area contributed by atoms with Crippen LogP contribution < -0.4 is 15.0 Å². The second-order valence-corrected chi connectivity index (χ2v) is 10.9. The number of aliphatic imine (C=N–C) groups is 1. The third kappa shape index (κ3) is 4.57. The number of anilines is 2. The molecule has 2 aromatic carbocycles. The smallest absolute Gasteiger partial charge is 0.234 e. The first-order valence-electron chi connectivity index (χ1n) is 9.98. The fraction of sp³-hybridized carbons (Fsp3) is 0.364. The molecule has 31 heavy (non-hydrogen) atoms. The number of nitrogens with zero attached hydrogens (tertiary/aromatic N) is 2. The Kier molecular flexibility index (Phi) is 5.98. The van der Waals surface area contributed by atoms with Crippen molar-refractivity contribution >= 4 is 44.0 Å². The number of aryl methyl sites for hydroxylation is 2. The topological polar surface area (TPSA) is 88.1 Å². The maximum atomic E-state index is 12.6. The molecule has 0 saturated carbocycles. The Morgan fingerprint density at radius 1 is 1.23 bits per heavy atom. The molecule has 0 aromatic heterocycles. The average Bonchev–Trinajstić information content (AvgIpc) is 3.19. The van der Waals surface area contributed by atoms with E-state index < -0.39 is 9.84 Å². The van der Waals surface area contributed by atoms with Crippen LogP contribution in [0.5, 0.6) is 5.75 Å². The number of benzene rings is 2. The molecule has 1 N–H and O–H groups in total. The fourth-order valence-electron chi connectivity index (χ4n) is 4.01. The number of thioether (sulfide) groups is 1. The molecule has 2 aliphatic rings. The van der Waals surface area contributed by atoms with Crippen LogP contribution in [0.15, 0.2) is 47.5 Å². The van der Waals surface area contributed by atoms with Gasteiger partial charge in [-0.2, -0.15) is 0 Å². The summed E-state index contributed by atoms with van der Waals surface area (Å²) in [5.74, 6) is 0.745. The number of carbonyl (C=O) groups excluding carboxylic acids is 1.